The van der Waals surface area contributed by atoms with Crippen molar-refractivity contribution in [2.24, 2.45) is 5.92 Å². The van der Waals surface area contributed by atoms with Crippen molar-refractivity contribution in [1.82, 2.24) is 0 Å². The van der Waals surface area contributed by atoms with Gasteiger partial charge in [-0.1, -0.05) is 19.3 Å². The van der Waals surface area contributed by atoms with Gasteiger partial charge in [0.15, 0.2) is 0 Å². The first-order valence-corrected chi connectivity index (χ1v) is 5.45. The van der Waals surface area contributed by atoms with Gasteiger partial charge in [0, 0.05) is 18.9 Å². The van der Waals surface area contributed by atoms with Crippen LogP contribution in [0.4, 0.5) is 0 Å². The predicted octanol–water partition coefficient (Wildman–Crippen LogP) is 2.56. The van der Waals surface area contributed by atoms with Gasteiger partial charge >= 0.3 is 0 Å². The second kappa shape index (κ2) is 6.14. The molecule has 0 atom stereocenters. The maximum atomic E-state index is 11.6. The van der Waals surface area contributed by atoms with Crippen LogP contribution in [-0.4, -0.2) is 19.0 Å². The zero-order valence-corrected chi connectivity index (χ0v) is 8.55. The van der Waals surface area contributed by atoms with E-state index in [1.54, 1.807) is 0 Å². The Morgan fingerprint density at radius 3 is 2.62 bits per heavy atom. The van der Waals surface area contributed by atoms with Gasteiger partial charge in [-0.05, 0) is 19.8 Å². The van der Waals surface area contributed by atoms with Crippen molar-refractivity contribution in [1.29, 1.82) is 0 Å². The van der Waals surface area contributed by atoms with E-state index in [4.69, 9.17) is 4.74 Å². The summed E-state index contributed by atoms with van der Waals surface area (Å²) in [6.45, 7) is 3.30. The molecule has 0 aromatic rings. The van der Waals surface area contributed by atoms with Gasteiger partial charge < -0.3 is 4.74 Å². The molecule has 2 heteroatoms. The third-order valence-corrected chi connectivity index (χ3v) is 2.76. The summed E-state index contributed by atoms with van der Waals surface area (Å²) < 4.78 is 5.17. The van der Waals surface area contributed by atoms with Gasteiger partial charge in [-0.3, -0.25) is 4.79 Å². The Labute approximate surface area is 80.7 Å². The fourth-order valence-electron chi connectivity index (χ4n) is 1.95. The second-order valence-electron chi connectivity index (χ2n) is 3.75. The zero-order valence-electron chi connectivity index (χ0n) is 8.55. The first-order valence-electron chi connectivity index (χ1n) is 5.45. The number of hydrogen-bond acceptors (Lipinski definition) is 2. The molecular weight excluding hydrogens is 164 g/mol. The van der Waals surface area contributed by atoms with E-state index in [1.165, 1.54) is 19.3 Å². The Kier molecular flexibility index (Phi) is 5.06. The smallest absolute Gasteiger partial charge is 0.138 e. The summed E-state index contributed by atoms with van der Waals surface area (Å²) in [6, 6.07) is 0. The third-order valence-electron chi connectivity index (χ3n) is 2.76. The Bertz CT molecular complexity index is 148. The van der Waals surface area contributed by atoms with Gasteiger partial charge in [-0.15, -0.1) is 0 Å². The van der Waals surface area contributed by atoms with E-state index in [0.29, 0.717) is 24.7 Å². The Morgan fingerprint density at radius 2 is 2.00 bits per heavy atom. The molecule has 1 fully saturated rings. The van der Waals surface area contributed by atoms with E-state index < -0.39 is 0 Å². The molecule has 0 spiro atoms. The number of ether oxygens (including phenoxy) is 1. The molecule has 1 rings (SSSR count). The Balaban J connectivity index is 2.13. The summed E-state index contributed by atoms with van der Waals surface area (Å²) in [5.74, 6) is 0.780. The minimum atomic E-state index is 0.356. The molecule has 0 heterocycles. The standard InChI is InChI=1S/C11H20O2/c1-2-13-9-8-11(12)10-6-4-3-5-7-10/h10H,2-9H2,1H3. The second-order valence-corrected chi connectivity index (χ2v) is 3.75. The van der Waals surface area contributed by atoms with Crippen LogP contribution in [0.25, 0.3) is 0 Å². The molecule has 1 aliphatic carbocycles. The summed E-state index contributed by atoms with van der Waals surface area (Å²) in [4.78, 5) is 11.6. The van der Waals surface area contributed by atoms with Crippen LogP contribution >= 0.6 is 0 Å². The molecule has 0 radical (unpaired) electrons. The van der Waals surface area contributed by atoms with Crippen molar-refractivity contribution < 1.29 is 9.53 Å². The zero-order chi connectivity index (χ0) is 9.52. The highest BCUT2D eigenvalue weighted by Gasteiger charge is 2.20. The molecule has 0 N–H and O–H groups in total. The molecule has 1 saturated carbocycles. The fourth-order valence-corrected chi connectivity index (χ4v) is 1.95. The van der Waals surface area contributed by atoms with E-state index in [-0.39, 0.29) is 0 Å². The van der Waals surface area contributed by atoms with Crippen molar-refractivity contribution in [3.05, 3.63) is 0 Å². The van der Waals surface area contributed by atoms with Gasteiger partial charge in [0.05, 0.1) is 6.61 Å². The minimum absolute atomic E-state index is 0.356. The number of rotatable bonds is 5. The van der Waals surface area contributed by atoms with E-state index in [9.17, 15) is 4.79 Å². The van der Waals surface area contributed by atoms with Crippen LogP contribution in [0.5, 0.6) is 0 Å². The fraction of sp³-hybridized carbons (Fsp3) is 0.909. The molecule has 0 aliphatic heterocycles. The average Bonchev–Trinajstić information content (AvgIpc) is 2.19. The highest BCUT2D eigenvalue weighted by molar-refractivity contribution is 5.81. The quantitative estimate of drug-likeness (QED) is 0.614. The maximum absolute atomic E-state index is 11.6. The monoisotopic (exact) mass is 184 g/mol. The van der Waals surface area contributed by atoms with Crippen molar-refractivity contribution in [2.45, 2.75) is 45.4 Å². The van der Waals surface area contributed by atoms with Crippen molar-refractivity contribution in [3.63, 3.8) is 0 Å². The molecule has 0 bridgehead atoms. The van der Waals surface area contributed by atoms with E-state index in [1.807, 2.05) is 6.92 Å². The lowest BCUT2D eigenvalue weighted by Gasteiger charge is -2.19. The van der Waals surface area contributed by atoms with Crippen LogP contribution in [0, 0.1) is 5.92 Å². The highest BCUT2D eigenvalue weighted by Crippen LogP contribution is 2.25. The lowest BCUT2D eigenvalue weighted by molar-refractivity contribution is -0.124. The van der Waals surface area contributed by atoms with Crippen molar-refractivity contribution in [3.8, 4) is 0 Å². The van der Waals surface area contributed by atoms with E-state index in [0.717, 1.165) is 19.4 Å². The van der Waals surface area contributed by atoms with Crippen LogP contribution in [0.15, 0.2) is 0 Å². The number of carbonyl (C=O) groups is 1. The normalized spacial score (nSPS) is 18.8. The first kappa shape index (κ1) is 10.7. The lowest BCUT2D eigenvalue weighted by Crippen LogP contribution is -2.19. The van der Waals surface area contributed by atoms with E-state index in [2.05, 4.69) is 0 Å². The Hall–Kier alpha value is -0.370. The number of hydrogen-bond donors (Lipinski definition) is 0. The third kappa shape index (κ3) is 3.90. The summed E-state index contributed by atoms with van der Waals surface area (Å²) in [7, 11) is 0. The van der Waals surface area contributed by atoms with Crippen LogP contribution in [0.2, 0.25) is 0 Å². The Morgan fingerprint density at radius 1 is 1.31 bits per heavy atom. The molecule has 0 saturated heterocycles. The van der Waals surface area contributed by atoms with Gasteiger partial charge in [0.25, 0.3) is 0 Å². The molecule has 0 aromatic heterocycles. The van der Waals surface area contributed by atoms with Crippen LogP contribution < -0.4 is 0 Å². The molecule has 1 aliphatic rings. The molecule has 2 nitrogen and oxygen atoms in total. The maximum Gasteiger partial charge on any atom is 0.138 e. The number of Topliss-reactive ketones (excluding diaryl/α,β-unsaturated/α-hetero) is 1. The molecule has 0 aromatic carbocycles. The largest absolute Gasteiger partial charge is 0.381 e. The highest BCUT2D eigenvalue weighted by atomic mass is 16.5. The molecule has 76 valence electrons. The van der Waals surface area contributed by atoms with Gasteiger partial charge in [0.2, 0.25) is 0 Å². The summed E-state index contributed by atoms with van der Waals surface area (Å²) in [5, 5.41) is 0. The molecule has 13 heavy (non-hydrogen) atoms. The minimum Gasteiger partial charge on any atom is -0.381 e. The van der Waals surface area contributed by atoms with E-state index >= 15 is 0 Å². The van der Waals surface area contributed by atoms with Crippen LogP contribution in [0.1, 0.15) is 45.4 Å². The molecule has 0 unspecified atom stereocenters. The molecular formula is C11H20O2. The summed E-state index contributed by atoms with van der Waals surface area (Å²) in [6.07, 6.45) is 6.65. The lowest BCUT2D eigenvalue weighted by atomic mass is 9.85. The topological polar surface area (TPSA) is 26.3 Å². The van der Waals surface area contributed by atoms with Gasteiger partial charge in [-0.2, -0.15) is 0 Å². The summed E-state index contributed by atoms with van der Waals surface area (Å²) in [5.41, 5.74) is 0. The number of carbonyl (C=O) groups excluding carboxylic acids is 1. The van der Waals surface area contributed by atoms with Crippen molar-refractivity contribution in [2.75, 3.05) is 13.2 Å². The SMILES string of the molecule is CCOCCC(=O)C1CCCCC1. The van der Waals surface area contributed by atoms with Crippen molar-refractivity contribution >= 4 is 5.78 Å². The van der Waals surface area contributed by atoms with Crippen LogP contribution in [0.3, 0.4) is 0 Å². The van der Waals surface area contributed by atoms with Crippen LogP contribution in [-0.2, 0) is 9.53 Å². The first-order chi connectivity index (χ1) is 6.34. The van der Waals surface area contributed by atoms with Gasteiger partial charge in [0.1, 0.15) is 5.78 Å². The summed E-state index contributed by atoms with van der Waals surface area (Å²) >= 11 is 0. The number of ketones is 1. The van der Waals surface area contributed by atoms with Gasteiger partial charge in [-0.25, -0.2) is 0 Å². The predicted molar refractivity (Wildman–Crippen MR) is 52.7 cm³/mol. The molecule has 0 amide bonds. The average molecular weight is 184 g/mol.